The fraction of sp³-hybridized carbons (Fsp3) is 0.400. The normalized spacial score (nSPS) is 13.0. The Labute approximate surface area is 171 Å². The van der Waals surface area contributed by atoms with Gasteiger partial charge in [-0.05, 0) is 64.4 Å². The molecule has 1 aromatic carbocycles. The number of carbonyl (C=O) groups is 2. The smallest absolute Gasteiger partial charge is 0.252 e. The quantitative estimate of drug-likeness (QED) is 0.633. The summed E-state index contributed by atoms with van der Waals surface area (Å²) in [6.07, 6.45) is 1.45. The summed E-state index contributed by atoms with van der Waals surface area (Å²) in [6, 6.07) is 6.81. The Hall–Kier alpha value is -2.65. The highest BCUT2D eigenvalue weighted by Crippen LogP contribution is 2.16. The number of benzene rings is 1. The van der Waals surface area contributed by atoms with E-state index < -0.39 is 27.5 Å². The van der Waals surface area contributed by atoms with Gasteiger partial charge in [0.15, 0.2) is 0 Å². The van der Waals surface area contributed by atoms with E-state index in [1.54, 1.807) is 32.0 Å². The van der Waals surface area contributed by atoms with Crippen molar-refractivity contribution in [3.05, 3.63) is 53.5 Å². The lowest BCUT2D eigenvalue weighted by Crippen LogP contribution is -2.50. The minimum Gasteiger partial charge on any atom is -0.468 e. The summed E-state index contributed by atoms with van der Waals surface area (Å²) in [5.74, 6) is -0.383. The van der Waals surface area contributed by atoms with E-state index in [1.165, 1.54) is 18.4 Å². The average molecular weight is 422 g/mol. The fourth-order valence-corrected chi connectivity index (χ4v) is 3.51. The first-order valence-electron chi connectivity index (χ1n) is 9.14. The maximum Gasteiger partial charge on any atom is 0.252 e. The van der Waals surface area contributed by atoms with Gasteiger partial charge >= 0.3 is 0 Å². The molecule has 2 aromatic rings. The van der Waals surface area contributed by atoms with Gasteiger partial charge in [-0.2, -0.15) is 0 Å². The van der Waals surface area contributed by atoms with E-state index in [-0.39, 0.29) is 22.9 Å². The maximum absolute atomic E-state index is 12.6. The molecule has 2 amide bonds. The molecule has 8 nitrogen and oxygen atoms in total. The Kier molecular flexibility index (Phi) is 6.86. The molecule has 0 aliphatic carbocycles. The second kappa shape index (κ2) is 8.79. The van der Waals surface area contributed by atoms with Crippen molar-refractivity contribution in [2.75, 3.05) is 0 Å². The molecule has 2 rings (SSSR count). The summed E-state index contributed by atoms with van der Waals surface area (Å²) in [4.78, 5) is 24.8. The van der Waals surface area contributed by atoms with Crippen molar-refractivity contribution in [2.24, 2.45) is 0 Å². The topological polar surface area (TPSA) is 118 Å². The molecule has 1 unspecified atom stereocenters. The molecular weight excluding hydrogens is 394 g/mol. The monoisotopic (exact) mass is 421 g/mol. The van der Waals surface area contributed by atoms with Crippen molar-refractivity contribution in [2.45, 2.75) is 57.6 Å². The molecule has 0 aliphatic heterocycles. The summed E-state index contributed by atoms with van der Waals surface area (Å²) >= 11 is 0. The number of hydrogen-bond donors (Lipinski definition) is 3. The zero-order valence-corrected chi connectivity index (χ0v) is 18.0. The Balaban J connectivity index is 2.15. The zero-order chi connectivity index (χ0) is 21.8. The van der Waals surface area contributed by atoms with Crippen LogP contribution in [0.2, 0.25) is 0 Å². The van der Waals surface area contributed by atoms with Crippen LogP contribution in [-0.4, -0.2) is 31.8 Å². The molecule has 0 saturated heterocycles. The Morgan fingerprint density at radius 3 is 2.45 bits per heavy atom. The second-order valence-electron chi connectivity index (χ2n) is 7.82. The van der Waals surface area contributed by atoms with E-state index in [2.05, 4.69) is 15.4 Å². The number of amides is 2. The molecule has 1 aromatic heterocycles. The first-order valence-corrected chi connectivity index (χ1v) is 10.6. The summed E-state index contributed by atoms with van der Waals surface area (Å²) in [5, 5.41) is 5.40. The van der Waals surface area contributed by atoms with E-state index >= 15 is 0 Å². The van der Waals surface area contributed by atoms with Crippen LogP contribution in [-0.2, 0) is 21.4 Å². The highest BCUT2D eigenvalue weighted by molar-refractivity contribution is 7.89. The Morgan fingerprint density at radius 2 is 1.86 bits per heavy atom. The van der Waals surface area contributed by atoms with Crippen LogP contribution in [0.15, 0.2) is 45.9 Å². The number of rotatable bonds is 7. The maximum atomic E-state index is 12.6. The van der Waals surface area contributed by atoms with Crippen molar-refractivity contribution >= 4 is 21.8 Å². The Bertz CT molecular complexity index is 976. The predicted molar refractivity (Wildman–Crippen MR) is 109 cm³/mol. The van der Waals surface area contributed by atoms with Gasteiger partial charge in [-0.25, -0.2) is 13.1 Å². The highest BCUT2D eigenvalue weighted by atomic mass is 32.2. The predicted octanol–water partition coefficient (Wildman–Crippen LogP) is 2.10. The molecule has 0 fully saturated rings. The third-order valence-electron chi connectivity index (χ3n) is 4.02. The lowest BCUT2D eigenvalue weighted by Gasteiger charge is -2.24. The van der Waals surface area contributed by atoms with E-state index in [0.29, 0.717) is 11.3 Å². The molecule has 158 valence electrons. The molecule has 1 atom stereocenters. The van der Waals surface area contributed by atoms with Crippen molar-refractivity contribution in [3.63, 3.8) is 0 Å². The first kappa shape index (κ1) is 22.6. The van der Waals surface area contributed by atoms with Crippen LogP contribution in [0.1, 0.15) is 49.4 Å². The molecule has 29 heavy (non-hydrogen) atoms. The third-order valence-corrected chi connectivity index (χ3v) is 5.42. The molecule has 0 spiro atoms. The van der Waals surface area contributed by atoms with Crippen molar-refractivity contribution in [1.29, 1.82) is 0 Å². The third kappa shape index (κ3) is 6.43. The number of furan rings is 1. The molecule has 0 saturated carbocycles. The van der Waals surface area contributed by atoms with Gasteiger partial charge < -0.3 is 15.1 Å². The number of carbonyl (C=O) groups excluding carboxylic acids is 2. The minimum atomic E-state index is -3.85. The first-order chi connectivity index (χ1) is 13.4. The van der Waals surface area contributed by atoms with E-state index in [0.717, 1.165) is 0 Å². The highest BCUT2D eigenvalue weighted by Gasteiger charge is 2.23. The number of sulfonamides is 1. The van der Waals surface area contributed by atoms with Crippen LogP contribution in [0.4, 0.5) is 0 Å². The van der Waals surface area contributed by atoms with Crippen LogP contribution in [0.25, 0.3) is 0 Å². The van der Waals surface area contributed by atoms with Crippen LogP contribution in [0.5, 0.6) is 0 Å². The van der Waals surface area contributed by atoms with Gasteiger partial charge in [-0.15, -0.1) is 0 Å². The van der Waals surface area contributed by atoms with Gasteiger partial charge in [0.25, 0.3) is 5.91 Å². The molecule has 0 bridgehead atoms. The van der Waals surface area contributed by atoms with E-state index in [9.17, 15) is 18.0 Å². The summed E-state index contributed by atoms with van der Waals surface area (Å²) in [7, 11) is -3.85. The van der Waals surface area contributed by atoms with Crippen LogP contribution in [0, 0.1) is 6.92 Å². The van der Waals surface area contributed by atoms with Gasteiger partial charge in [0.1, 0.15) is 11.8 Å². The Morgan fingerprint density at radius 1 is 1.17 bits per heavy atom. The van der Waals surface area contributed by atoms with Crippen molar-refractivity contribution in [1.82, 2.24) is 15.4 Å². The van der Waals surface area contributed by atoms with E-state index in [1.807, 2.05) is 20.8 Å². The van der Waals surface area contributed by atoms with Gasteiger partial charge in [0, 0.05) is 11.1 Å². The largest absolute Gasteiger partial charge is 0.468 e. The summed E-state index contributed by atoms with van der Waals surface area (Å²) < 4.78 is 32.7. The van der Waals surface area contributed by atoms with Gasteiger partial charge in [0.2, 0.25) is 15.9 Å². The van der Waals surface area contributed by atoms with Gasteiger partial charge in [-0.1, -0.05) is 6.07 Å². The fourth-order valence-electron chi connectivity index (χ4n) is 2.49. The SMILES string of the molecule is Cc1ccc(S(=O)(=O)NCc2ccco2)cc1C(=O)NC(C)C(=O)NC(C)(C)C. The van der Waals surface area contributed by atoms with Crippen molar-refractivity contribution in [3.8, 4) is 0 Å². The molecule has 9 heteroatoms. The lowest BCUT2D eigenvalue weighted by atomic mass is 10.1. The zero-order valence-electron chi connectivity index (χ0n) is 17.2. The molecule has 1 heterocycles. The van der Waals surface area contributed by atoms with Gasteiger partial charge in [-0.3, -0.25) is 9.59 Å². The molecule has 3 N–H and O–H groups in total. The number of aryl methyl sites for hydroxylation is 1. The summed E-state index contributed by atoms with van der Waals surface area (Å²) in [5.41, 5.74) is 0.344. The lowest BCUT2D eigenvalue weighted by molar-refractivity contribution is -0.124. The van der Waals surface area contributed by atoms with Crippen LogP contribution < -0.4 is 15.4 Å². The minimum absolute atomic E-state index is 0.00521. The second-order valence-corrected chi connectivity index (χ2v) is 9.58. The van der Waals surface area contributed by atoms with Gasteiger partial charge in [0.05, 0.1) is 17.7 Å². The number of nitrogens with one attached hydrogen (secondary N) is 3. The van der Waals surface area contributed by atoms with Crippen molar-refractivity contribution < 1.29 is 22.4 Å². The van der Waals surface area contributed by atoms with Crippen LogP contribution in [0.3, 0.4) is 0 Å². The molecule has 0 radical (unpaired) electrons. The summed E-state index contributed by atoms with van der Waals surface area (Å²) in [6.45, 7) is 8.78. The van der Waals surface area contributed by atoms with Crippen LogP contribution >= 0.6 is 0 Å². The average Bonchev–Trinajstić information content (AvgIpc) is 3.12. The van der Waals surface area contributed by atoms with E-state index in [4.69, 9.17) is 4.42 Å². The standard InChI is InChI=1S/C20H27N3O5S/c1-13-8-9-16(29(26,27)21-12-15-7-6-10-28-15)11-17(13)19(25)22-14(2)18(24)23-20(3,4)5/h6-11,14,21H,12H2,1-5H3,(H,22,25)(H,23,24). The molecular formula is C20H27N3O5S. The molecule has 0 aliphatic rings. The number of hydrogen-bond acceptors (Lipinski definition) is 5.